The summed E-state index contributed by atoms with van der Waals surface area (Å²) in [7, 11) is 0. The number of halogens is 4. The van der Waals surface area contributed by atoms with Crippen LogP contribution in [-0.2, 0) is 6.42 Å². The van der Waals surface area contributed by atoms with E-state index >= 15 is 0 Å². The van der Waals surface area contributed by atoms with E-state index < -0.39 is 5.24 Å². The second kappa shape index (κ2) is 7.70. The molecular formula is C21H14Cl3FN2O. The van der Waals surface area contributed by atoms with Crippen LogP contribution in [-0.4, -0.2) is 15.0 Å². The van der Waals surface area contributed by atoms with Gasteiger partial charge < -0.3 is 0 Å². The summed E-state index contributed by atoms with van der Waals surface area (Å²) in [6.07, 6.45) is 4.31. The summed E-state index contributed by atoms with van der Waals surface area (Å²) in [5, 5.41) is 4.78. The van der Waals surface area contributed by atoms with Crippen molar-refractivity contribution in [2.75, 3.05) is 0 Å². The molecule has 0 spiro atoms. The Labute approximate surface area is 176 Å². The Balaban J connectivity index is 1.94. The molecular weight excluding hydrogens is 422 g/mol. The molecule has 1 aliphatic rings. The minimum atomic E-state index is -0.608. The number of allylic oxidation sites excluding steroid dienone is 1. The molecule has 1 aliphatic carbocycles. The summed E-state index contributed by atoms with van der Waals surface area (Å²) in [5.41, 5.74) is 4.27. The van der Waals surface area contributed by atoms with E-state index in [1.807, 2.05) is 6.08 Å². The number of nitrogens with zero attached hydrogens (tertiary/aromatic N) is 2. The van der Waals surface area contributed by atoms with Crippen LogP contribution in [0.1, 0.15) is 40.2 Å². The molecule has 0 atom stereocenters. The van der Waals surface area contributed by atoms with Gasteiger partial charge in [-0.25, -0.2) is 9.07 Å². The molecule has 0 amide bonds. The fourth-order valence-electron chi connectivity index (χ4n) is 3.48. The average molecular weight is 436 g/mol. The fourth-order valence-corrected chi connectivity index (χ4v) is 4.12. The maximum atomic E-state index is 13.2. The van der Waals surface area contributed by atoms with E-state index in [1.54, 1.807) is 35.0 Å². The van der Waals surface area contributed by atoms with Crippen LogP contribution in [0, 0.1) is 5.82 Å². The van der Waals surface area contributed by atoms with Gasteiger partial charge in [-0.05, 0) is 78.4 Å². The van der Waals surface area contributed by atoms with Crippen molar-refractivity contribution in [1.29, 1.82) is 0 Å². The van der Waals surface area contributed by atoms with E-state index in [-0.39, 0.29) is 11.5 Å². The van der Waals surface area contributed by atoms with Gasteiger partial charge in [0.1, 0.15) is 11.5 Å². The molecule has 0 fully saturated rings. The predicted molar refractivity (Wildman–Crippen MR) is 111 cm³/mol. The monoisotopic (exact) mass is 434 g/mol. The van der Waals surface area contributed by atoms with Gasteiger partial charge in [-0.1, -0.05) is 35.3 Å². The van der Waals surface area contributed by atoms with E-state index in [2.05, 4.69) is 5.10 Å². The maximum absolute atomic E-state index is 13.2. The van der Waals surface area contributed by atoms with Crippen LogP contribution in [0.5, 0.6) is 0 Å². The van der Waals surface area contributed by atoms with Crippen LogP contribution in [0.25, 0.3) is 17.3 Å². The largest absolute Gasteiger partial charge is 0.274 e. The van der Waals surface area contributed by atoms with E-state index in [0.29, 0.717) is 22.2 Å². The summed E-state index contributed by atoms with van der Waals surface area (Å²) in [5.74, 6) is -0.292. The third kappa shape index (κ3) is 3.60. The third-order valence-corrected chi connectivity index (χ3v) is 5.41. The topological polar surface area (TPSA) is 34.9 Å². The van der Waals surface area contributed by atoms with Gasteiger partial charge in [-0.15, -0.1) is 0 Å². The zero-order valence-corrected chi connectivity index (χ0v) is 16.8. The SMILES string of the molecule is O=C(Cl)c1nn(-c2ccc(Cl)cc2Cl)c2c1CCCC2=Cc1ccc(F)cc1. The van der Waals surface area contributed by atoms with Crippen molar-refractivity contribution >= 4 is 51.7 Å². The van der Waals surface area contributed by atoms with Crippen LogP contribution < -0.4 is 0 Å². The molecule has 7 heteroatoms. The van der Waals surface area contributed by atoms with Crippen molar-refractivity contribution in [2.45, 2.75) is 19.3 Å². The lowest BCUT2D eigenvalue weighted by molar-refractivity contribution is 0.107. The normalized spacial score (nSPS) is 14.9. The summed E-state index contributed by atoms with van der Waals surface area (Å²) >= 11 is 18.2. The van der Waals surface area contributed by atoms with Gasteiger partial charge in [0.05, 0.1) is 16.4 Å². The highest BCUT2D eigenvalue weighted by molar-refractivity contribution is 6.67. The Morgan fingerprint density at radius 2 is 1.86 bits per heavy atom. The molecule has 3 aromatic rings. The highest BCUT2D eigenvalue weighted by atomic mass is 35.5. The smallest absolute Gasteiger partial charge is 0.273 e. The van der Waals surface area contributed by atoms with Gasteiger partial charge in [0.15, 0.2) is 0 Å². The number of hydrogen-bond donors (Lipinski definition) is 0. The van der Waals surface area contributed by atoms with Gasteiger partial charge >= 0.3 is 0 Å². The molecule has 142 valence electrons. The van der Waals surface area contributed by atoms with Crippen molar-refractivity contribution in [3.05, 3.63) is 80.8 Å². The number of aromatic nitrogens is 2. The zero-order valence-electron chi connectivity index (χ0n) is 14.6. The predicted octanol–water partition coefficient (Wildman–Crippen LogP) is 6.57. The second-order valence-corrected chi connectivity index (χ2v) is 7.72. The van der Waals surface area contributed by atoms with Crippen molar-refractivity contribution in [2.24, 2.45) is 0 Å². The Morgan fingerprint density at radius 1 is 1.11 bits per heavy atom. The third-order valence-electron chi connectivity index (χ3n) is 4.70. The van der Waals surface area contributed by atoms with E-state index in [1.165, 1.54) is 12.1 Å². The lowest BCUT2D eigenvalue weighted by Crippen LogP contribution is -2.08. The Bertz CT molecular complexity index is 1100. The number of rotatable bonds is 3. The Morgan fingerprint density at radius 3 is 2.54 bits per heavy atom. The fraction of sp³-hybridized carbons (Fsp3) is 0.143. The van der Waals surface area contributed by atoms with Crippen molar-refractivity contribution in [1.82, 2.24) is 9.78 Å². The van der Waals surface area contributed by atoms with Crippen molar-refractivity contribution in [3.63, 3.8) is 0 Å². The molecule has 0 saturated heterocycles. The van der Waals surface area contributed by atoms with Gasteiger partial charge in [0.25, 0.3) is 5.24 Å². The van der Waals surface area contributed by atoms with E-state index in [4.69, 9.17) is 34.8 Å². The molecule has 28 heavy (non-hydrogen) atoms. The minimum Gasteiger partial charge on any atom is -0.274 e. The number of carbonyl (C=O) groups is 1. The molecule has 0 radical (unpaired) electrons. The van der Waals surface area contributed by atoms with Crippen LogP contribution in [0.3, 0.4) is 0 Å². The molecule has 3 nitrogen and oxygen atoms in total. The van der Waals surface area contributed by atoms with Gasteiger partial charge in [-0.2, -0.15) is 5.10 Å². The molecule has 1 aromatic heterocycles. The summed E-state index contributed by atoms with van der Waals surface area (Å²) < 4.78 is 14.9. The second-order valence-electron chi connectivity index (χ2n) is 6.53. The molecule has 2 aromatic carbocycles. The van der Waals surface area contributed by atoms with Crippen LogP contribution in [0.4, 0.5) is 4.39 Å². The molecule has 4 rings (SSSR count). The van der Waals surface area contributed by atoms with Crippen molar-refractivity contribution in [3.8, 4) is 5.69 Å². The first-order chi connectivity index (χ1) is 13.4. The maximum Gasteiger partial charge on any atom is 0.273 e. The highest BCUT2D eigenvalue weighted by Gasteiger charge is 2.28. The highest BCUT2D eigenvalue weighted by Crippen LogP contribution is 2.38. The van der Waals surface area contributed by atoms with E-state index in [0.717, 1.165) is 35.2 Å². The first kappa shape index (κ1) is 19.2. The minimum absolute atomic E-state index is 0.229. The number of benzene rings is 2. The van der Waals surface area contributed by atoms with Crippen LogP contribution >= 0.6 is 34.8 Å². The molecule has 0 unspecified atom stereocenters. The van der Waals surface area contributed by atoms with Gasteiger partial charge in [-0.3, -0.25) is 4.79 Å². The number of fused-ring (bicyclic) bond motifs is 1. The van der Waals surface area contributed by atoms with Gasteiger partial charge in [0.2, 0.25) is 0 Å². The Kier molecular flexibility index (Phi) is 5.28. The molecule has 1 heterocycles. The quantitative estimate of drug-likeness (QED) is 0.436. The van der Waals surface area contributed by atoms with Crippen LogP contribution in [0.15, 0.2) is 42.5 Å². The van der Waals surface area contributed by atoms with Crippen molar-refractivity contribution < 1.29 is 9.18 Å². The molecule has 0 saturated carbocycles. The summed E-state index contributed by atoms with van der Waals surface area (Å²) in [4.78, 5) is 12.0. The first-order valence-electron chi connectivity index (χ1n) is 8.67. The number of hydrogen-bond acceptors (Lipinski definition) is 2. The lowest BCUT2D eigenvalue weighted by Gasteiger charge is -2.19. The zero-order chi connectivity index (χ0) is 19.8. The number of carbonyl (C=O) groups excluding carboxylic acids is 1. The first-order valence-corrected chi connectivity index (χ1v) is 9.81. The summed E-state index contributed by atoms with van der Waals surface area (Å²) in [6.45, 7) is 0. The summed E-state index contributed by atoms with van der Waals surface area (Å²) in [6, 6.07) is 11.3. The van der Waals surface area contributed by atoms with Gasteiger partial charge in [0, 0.05) is 10.6 Å². The molecule has 0 bridgehead atoms. The lowest BCUT2D eigenvalue weighted by atomic mass is 9.90. The molecule has 0 aliphatic heterocycles. The molecule has 0 N–H and O–H groups in total. The van der Waals surface area contributed by atoms with E-state index in [9.17, 15) is 9.18 Å². The van der Waals surface area contributed by atoms with Crippen LogP contribution in [0.2, 0.25) is 10.0 Å². The average Bonchev–Trinajstić information content (AvgIpc) is 3.04. The Hall–Kier alpha value is -2.14. The standard InChI is InChI=1S/C21H14Cl3FN2O/c22-14-6-9-18(17(23)11-14)27-20-13(10-12-4-7-15(25)8-5-12)2-1-3-16(20)19(26-27)21(24)28/h4-11H,1-3H2.